The number of benzene rings is 1. The Hall–Kier alpha value is -1.32. The predicted molar refractivity (Wildman–Crippen MR) is 77.2 cm³/mol. The van der Waals surface area contributed by atoms with Crippen molar-refractivity contribution in [2.45, 2.75) is 25.6 Å². The summed E-state index contributed by atoms with van der Waals surface area (Å²) in [7, 11) is 0. The Morgan fingerprint density at radius 3 is 2.26 bits per heavy atom. The van der Waals surface area contributed by atoms with Crippen LogP contribution in [-0.4, -0.2) is 32.1 Å². The van der Waals surface area contributed by atoms with Gasteiger partial charge >= 0.3 is 0 Å². The summed E-state index contributed by atoms with van der Waals surface area (Å²) < 4.78 is 11.5. The molecular weight excluding hydrogens is 238 g/mol. The van der Waals surface area contributed by atoms with Crippen LogP contribution in [-0.2, 0) is 9.47 Å². The Kier molecular flexibility index (Phi) is 3.58. The maximum absolute atomic E-state index is 5.76. The molecule has 3 heteroatoms. The molecule has 102 valence electrons. The van der Waals surface area contributed by atoms with Crippen LogP contribution in [0.2, 0.25) is 0 Å². The molecule has 0 amide bonds. The zero-order valence-corrected chi connectivity index (χ0v) is 11.5. The van der Waals surface area contributed by atoms with Gasteiger partial charge < -0.3 is 14.4 Å². The molecule has 3 nitrogen and oxygen atoms in total. The maximum Gasteiger partial charge on any atom is 0.171 e. The van der Waals surface area contributed by atoms with Gasteiger partial charge in [-0.05, 0) is 24.6 Å². The first kappa shape index (κ1) is 12.7. The van der Waals surface area contributed by atoms with Gasteiger partial charge in [0, 0.05) is 31.6 Å². The van der Waals surface area contributed by atoms with E-state index in [0.717, 1.165) is 39.1 Å². The van der Waals surface area contributed by atoms with Crippen molar-refractivity contribution in [3.8, 4) is 0 Å². The van der Waals surface area contributed by atoms with Crippen LogP contribution in [0.5, 0.6) is 0 Å². The third kappa shape index (κ3) is 2.67. The Labute approximate surface area is 114 Å². The number of rotatable bonds is 2. The summed E-state index contributed by atoms with van der Waals surface area (Å²) in [6.07, 6.45) is 6.11. The summed E-state index contributed by atoms with van der Waals surface area (Å²) in [6, 6.07) is 8.73. The first-order valence-corrected chi connectivity index (χ1v) is 7.07. The normalized spacial score (nSPS) is 22.5. The second-order valence-electron chi connectivity index (χ2n) is 5.19. The molecule has 2 fully saturated rings. The lowest BCUT2D eigenvalue weighted by Crippen LogP contribution is -2.45. The summed E-state index contributed by atoms with van der Waals surface area (Å²) in [5, 5.41) is 0. The van der Waals surface area contributed by atoms with Crippen molar-refractivity contribution >= 4 is 11.8 Å². The van der Waals surface area contributed by atoms with Crippen LogP contribution in [0.3, 0.4) is 0 Å². The minimum Gasteiger partial charge on any atom is -0.371 e. The molecular formula is C16H21NO2. The van der Waals surface area contributed by atoms with Crippen LogP contribution < -0.4 is 4.90 Å². The number of allylic oxidation sites excluding steroid dienone is 1. The lowest BCUT2D eigenvalue weighted by molar-refractivity contribution is -0.169. The SMILES string of the molecule is C/C=C/c1ccc(N2CCC3(CC2)OCCO3)cc1. The second-order valence-corrected chi connectivity index (χ2v) is 5.19. The quantitative estimate of drug-likeness (QED) is 0.814. The zero-order valence-electron chi connectivity index (χ0n) is 11.5. The van der Waals surface area contributed by atoms with E-state index >= 15 is 0 Å². The van der Waals surface area contributed by atoms with Gasteiger partial charge in [-0.3, -0.25) is 0 Å². The minimum absolute atomic E-state index is 0.276. The van der Waals surface area contributed by atoms with Crippen LogP contribution in [0, 0.1) is 0 Å². The van der Waals surface area contributed by atoms with Crippen LogP contribution in [0.25, 0.3) is 6.08 Å². The highest BCUT2D eigenvalue weighted by molar-refractivity contribution is 5.56. The third-order valence-electron chi connectivity index (χ3n) is 3.96. The van der Waals surface area contributed by atoms with Crippen molar-refractivity contribution in [3.63, 3.8) is 0 Å². The van der Waals surface area contributed by atoms with E-state index in [1.807, 2.05) is 6.92 Å². The lowest BCUT2D eigenvalue weighted by atomic mass is 10.0. The zero-order chi connectivity index (χ0) is 13.1. The van der Waals surface area contributed by atoms with E-state index < -0.39 is 0 Å². The Morgan fingerprint density at radius 1 is 1.05 bits per heavy atom. The molecule has 3 rings (SSSR count). The molecule has 2 heterocycles. The largest absolute Gasteiger partial charge is 0.371 e. The first-order valence-electron chi connectivity index (χ1n) is 7.07. The Morgan fingerprint density at radius 2 is 1.68 bits per heavy atom. The Balaban J connectivity index is 1.64. The summed E-state index contributed by atoms with van der Waals surface area (Å²) in [5.74, 6) is -0.276. The number of nitrogens with zero attached hydrogens (tertiary/aromatic N) is 1. The van der Waals surface area contributed by atoms with Gasteiger partial charge in [-0.25, -0.2) is 0 Å². The van der Waals surface area contributed by atoms with Crippen LogP contribution in [0.4, 0.5) is 5.69 Å². The first-order chi connectivity index (χ1) is 9.31. The fourth-order valence-corrected chi connectivity index (χ4v) is 2.88. The van der Waals surface area contributed by atoms with E-state index in [-0.39, 0.29) is 5.79 Å². The molecule has 19 heavy (non-hydrogen) atoms. The number of hydrogen-bond donors (Lipinski definition) is 0. The molecule has 0 saturated carbocycles. The smallest absolute Gasteiger partial charge is 0.171 e. The molecule has 1 spiro atoms. The molecule has 0 bridgehead atoms. The molecule has 1 aromatic rings. The molecule has 0 unspecified atom stereocenters. The van der Waals surface area contributed by atoms with Crippen LogP contribution >= 0.6 is 0 Å². The van der Waals surface area contributed by atoms with Crippen LogP contribution in [0.15, 0.2) is 30.3 Å². The molecule has 2 saturated heterocycles. The number of piperidine rings is 1. The van der Waals surface area contributed by atoms with Gasteiger partial charge in [0.1, 0.15) is 0 Å². The van der Waals surface area contributed by atoms with Crippen molar-refractivity contribution in [3.05, 3.63) is 35.9 Å². The summed E-state index contributed by atoms with van der Waals surface area (Å²) in [5.41, 5.74) is 2.54. The molecule has 1 aromatic carbocycles. The maximum atomic E-state index is 5.76. The van der Waals surface area contributed by atoms with Crippen molar-refractivity contribution in [2.75, 3.05) is 31.2 Å². The Bertz CT molecular complexity index is 436. The number of hydrogen-bond acceptors (Lipinski definition) is 3. The van der Waals surface area contributed by atoms with Crippen molar-refractivity contribution in [1.29, 1.82) is 0 Å². The van der Waals surface area contributed by atoms with Gasteiger partial charge in [-0.1, -0.05) is 24.3 Å². The fraction of sp³-hybridized carbons (Fsp3) is 0.500. The standard InChI is InChI=1S/C16H21NO2/c1-2-3-14-4-6-15(7-5-14)17-10-8-16(9-11-17)18-12-13-19-16/h2-7H,8-13H2,1H3/b3-2+. The van der Waals surface area contributed by atoms with Crippen molar-refractivity contribution in [2.24, 2.45) is 0 Å². The highest BCUT2D eigenvalue weighted by Crippen LogP contribution is 2.33. The van der Waals surface area contributed by atoms with Crippen molar-refractivity contribution < 1.29 is 9.47 Å². The van der Waals surface area contributed by atoms with E-state index in [4.69, 9.17) is 9.47 Å². The van der Waals surface area contributed by atoms with Crippen molar-refractivity contribution in [1.82, 2.24) is 0 Å². The molecule has 0 N–H and O–H groups in total. The summed E-state index contributed by atoms with van der Waals surface area (Å²) in [6.45, 7) is 5.54. The van der Waals surface area contributed by atoms with E-state index in [2.05, 4.69) is 41.3 Å². The second kappa shape index (κ2) is 5.35. The minimum atomic E-state index is -0.276. The third-order valence-corrected chi connectivity index (χ3v) is 3.96. The topological polar surface area (TPSA) is 21.7 Å². The molecule has 0 atom stereocenters. The monoisotopic (exact) mass is 259 g/mol. The average Bonchev–Trinajstić information content (AvgIpc) is 2.90. The summed E-state index contributed by atoms with van der Waals surface area (Å²) in [4.78, 5) is 2.41. The van der Waals surface area contributed by atoms with Gasteiger partial charge in [0.15, 0.2) is 5.79 Å². The van der Waals surface area contributed by atoms with E-state index in [9.17, 15) is 0 Å². The lowest BCUT2D eigenvalue weighted by Gasteiger charge is -2.38. The van der Waals surface area contributed by atoms with E-state index in [0.29, 0.717) is 0 Å². The van der Waals surface area contributed by atoms with Gasteiger partial charge in [0.2, 0.25) is 0 Å². The molecule has 2 aliphatic heterocycles. The van der Waals surface area contributed by atoms with Gasteiger partial charge in [-0.2, -0.15) is 0 Å². The number of ether oxygens (including phenoxy) is 2. The number of anilines is 1. The van der Waals surface area contributed by atoms with E-state index in [1.165, 1.54) is 11.3 Å². The summed E-state index contributed by atoms with van der Waals surface area (Å²) >= 11 is 0. The van der Waals surface area contributed by atoms with E-state index in [1.54, 1.807) is 0 Å². The molecule has 0 radical (unpaired) electrons. The molecule has 2 aliphatic rings. The highest BCUT2D eigenvalue weighted by Gasteiger charge is 2.39. The molecule has 0 aromatic heterocycles. The van der Waals surface area contributed by atoms with Crippen LogP contribution in [0.1, 0.15) is 25.3 Å². The fourth-order valence-electron chi connectivity index (χ4n) is 2.88. The molecule has 0 aliphatic carbocycles. The van der Waals surface area contributed by atoms with Gasteiger partial charge in [-0.15, -0.1) is 0 Å². The predicted octanol–water partition coefficient (Wildman–Crippen LogP) is 3.06. The van der Waals surface area contributed by atoms with Gasteiger partial charge in [0.05, 0.1) is 13.2 Å². The van der Waals surface area contributed by atoms with Gasteiger partial charge in [0.25, 0.3) is 0 Å². The highest BCUT2D eigenvalue weighted by atomic mass is 16.7. The average molecular weight is 259 g/mol.